The van der Waals surface area contributed by atoms with Gasteiger partial charge in [0.05, 0.1) is 24.7 Å². The van der Waals surface area contributed by atoms with Crippen LogP contribution in [-0.2, 0) is 14.4 Å². The van der Waals surface area contributed by atoms with E-state index >= 15 is 0 Å². The predicted octanol–water partition coefficient (Wildman–Crippen LogP) is 3.47. The van der Waals surface area contributed by atoms with Gasteiger partial charge in [-0.2, -0.15) is 0 Å². The molecule has 0 aliphatic heterocycles. The van der Waals surface area contributed by atoms with Crippen molar-refractivity contribution < 1.29 is 24.0 Å². The summed E-state index contributed by atoms with van der Waals surface area (Å²) in [5.41, 5.74) is 5.52. The topological polar surface area (TPSA) is 155 Å². The summed E-state index contributed by atoms with van der Waals surface area (Å²) in [6.07, 6.45) is 11.0. The number of aliphatic imine (C=N–C) groups is 3. The second-order valence-corrected chi connectivity index (χ2v) is 8.19. The Bertz CT molecular complexity index is 725. The van der Waals surface area contributed by atoms with Crippen molar-refractivity contribution in [1.29, 1.82) is 0 Å². The minimum Gasteiger partial charge on any atom is -0.351 e. The molecule has 0 heterocycles. The van der Waals surface area contributed by atoms with E-state index in [2.05, 4.69) is 15.0 Å². The Labute approximate surface area is 201 Å². The van der Waals surface area contributed by atoms with Crippen molar-refractivity contribution in [3.05, 3.63) is 0 Å². The van der Waals surface area contributed by atoms with Gasteiger partial charge in [-0.1, -0.05) is 59.3 Å². The third-order valence-corrected chi connectivity index (χ3v) is 5.40. The minimum absolute atomic E-state index is 0.0193. The standard InChI is InChI=1S/C23H38N6O5/c1-4-7-10-19(25-16-30)13-28(14-20(26-17-31)11-8-5-2)23(34)29(22(24)33)15-21(27-18-32)12-9-6-3/h19-21H,4-15H2,1-3H3,(H2,24,33). The number of carbonyl (C=O) groups excluding carboxylic acids is 5. The quantitative estimate of drug-likeness (QED) is 0.236. The number of unbranched alkanes of at least 4 members (excludes halogenated alkanes) is 3. The highest BCUT2D eigenvalue weighted by Gasteiger charge is 2.30. The average molecular weight is 479 g/mol. The monoisotopic (exact) mass is 478 g/mol. The molecule has 0 aliphatic carbocycles. The van der Waals surface area contributed by atoms with Crippen molar-refractivity contribution in [2.24, 2.45) is 20.7 Å². The lowest BCUT2D eigenvalue weighted by atomic mass is 10.1. The largest absolute Gasteiger partial charge is 0.351 e. The summed E-state index contributed by atoms with van der Waals surface area (Å²) < 4.78 is 0. The number of isocyanates is 3. The van der Waals surface area contributed by atoms with Crippen LogP contribution in [0.15, 0.2) is 15.0 Å². The number of urea groups is 2. The number of nitrogens with two attached hydrogens (primary N) is 1. The molecule has 190 valence electrons. The summed E-state index contributed by atoms with van der Waals surface area (Å²) in [6.45, 7) is 5.80. The van der Waals surface area contributed by atoms with E-state index in [1.165, 1.54) is 11.0 Å². The first-order chi connectivity index (χ1) is 16.4. The maximum Gasteiger partial charge on any atom is 0.328 e. The number of rotatable bonds is 18. The Morgan fingerprint density at radius 1 is 0.706 bits per heavy atom. The zero-order valence-corrected chi connectivity index (χ0v) is 20.6. The first-order valence-corrected chi connectivity index (χ1v) is 11.9. The van der Waals surface area contributed by atoms with Gasteiger partial charge < -0.3 is 10.6 Å². The molecule has 3 atom stereocenters. The van der Waals surface area contributed by atoms with Crippen molar-refractivity contribution >= 4 is 30.3 Å². The van der Waals surface area contributed by atoms with E-state index in [0.29, 0.717) is 19.3 Å². The van der Waals surface area contributed by atoms with E-state index in [1.54, 1.807) is 12.2 Å². The number of imide groups is 1. The molecular formula is C23H38N6O5. The molecule has 0 saturated carbocycles. The first kappa shape index (κ1) is 30.9. The van der Waals surface area contributed by atoms with Crippen LogP contribution in [0.25, 0.3) is 0 Å². The second-order valence-electron chi connectivity index (χ2n) is 8.19. The van der Waals surface area contributed by atoms with Crippen molar-refractivity contribution in [3.63, 3.8) is 0 Å². The van der Waals surface area contributed by atoms with E-state index in [0.717, 1.165) is 43.4 Å². The molecule has 0 aromatic rings. The molecule has 4 amide bonds. The van der Waals surface area contributed by atoms with Gasteiger partial charge in [-0.05, 0) is 19.3 Å². The lowest BCUT2D eigenvalue weighted by molar-refractivity contribution is 0.147. The molecule has 0 spiro atoms. The van der Waals surface area contributed by atoms with Gasteiger partial charge in [-0.3, -0.25) is 0 Å². The third kappa shape index (κ3) is 12.8. The highest BCUT2D eigenvalue weighted by molar-refractivity contribution is 5.92. The molecule has 3 unspecified atom stereocenters. The van der Waals surface area contributed by atoms with Gasteiger partial charge in [-0.15, -0.1) is 0 Å². The van der Waals surface area contributed by atoms with Crippen molar-refractivity contribution in [3.8, 4) is 0 Å². The van der Waals surface area contributed by atoms with E-state index in [1.807, 2.05) is 20.8 Å². The maximum atomic E-state index is 13.5. The fraction of sp³-hybridized carbons (Fsp3) is 0.783. The molecule has 11 heteroatoms. The van der Waals surface area contributed by atoms with Crippen LogP contribution in [-0.4, -0.2) is 77.9 Å². The van der Waals surface area contributed by atoms with Crippen molar-refractivity contribution in [2.45, 2.75) is 96.7 Å². The molecule has 0 saturated heterocycles. The normalized spacial score (nSPS) is 12.8. The second kappa shape index (κ2) is 19.4. The van der Waals surface area contributed by atoms with Gasteiger partial charge in [0.1, 0.15) is 0 Å². The SMILES string of the molecule is CCCCC(CN(CC(CCCC)N=C=O)C(=O)N(CC(CCCC)N=C=O)C(N)=O)N=C=O. The Morgan fingerprint density at radius 2 is 1.06 bits per heavy atom. The molecule has 0 bridgehead atoms. The smallest absolute Gasteiger partial charge is 0.328 e. The number of primary amides is 1. The van der Waals surface area contributed by atoms with Crippen LogP contribution in [0.5, 0.6) is 0 Å². The number of carbonyl (C=O) groups is 2. The maximum absolute atomic E-state index is 13.5. The molecular weight excluding hydrogens is 440 g/mol. The molecule has 2 N–H and O–H groups in total. The highest BCUT2D eigenvalue weighted by Crippen LogP contribution is 2.15. The first-order valence-electron chi connectivity index (χ1n) is 11.9. The zero-order chi connectivity index (χ0) is 25.8. The Kier molecular flexibility index (Phi) is 17.6. The minimum atomic E-state index is -0.995. The molecule has 34 heavy (non-hydrogen) atoms. The molecule has 0 aromatic heterocycles. The molecule has 0 aromatic carbocycles. The van der Waals surface area contributed by atoms with Crippen LogP contribution in [0.2, 0.25) is 0 Å². The Balaban J connectivity index is 6.01. The summed E-state index contributed by atoms with van der Waals surface area (Å²) in [4.78, 5) is 72.0. The average Bonchev–Trinajstić information content (AvgIpc) is 2.81. The molecule has 0 radical (unpaired) electrons. The van der Waals surface area contributed by atoms with Crippen LogP contribution in [0, 0.1) is 0 Å². The highest BCUT2D eigenvalue weighted by atomic mass is 16.2. The summed E-state index contributed by atoms with van der Waals surface area (Å²) in [5.74, 6) is 0. The molecule has 0 aliphatic rings. The fourth-order valence-corrected chi connectivity index (χ4v) is 3.52. The van der Waals surface area contributed by atoms with Crippen LogP contribution in [0.3, 0.4) is 0 Å². The van der Waals surface area contributed by atoms with Gasteiger partial charge in [0.25, 0.3) is 0 Å². The predicted molar refractivity (Wildman–Crippen MR) is 128 cm³/mol. The zero-order valence-electron chi connectivity index (χ0n) is 20.6. The van der Waals surface area contributed by atoms with E-state index in [-0.39, 0.29) is 19.6 Å². The van der Waals surface area contributed by atoms with E-state index in [4.69, 9.17) is 5.73 Å². The summed E-state index contributed by atoms with van der Waals surface area (Å²) in [6, 6.07) is -3.42. The molecule has 0 fully saturated rings. The lowest BCUT2D eigenvalue weighted by Crippen LogP contribution is -2.53. The number of nitrogens with zero attached hydrogens (tertiary/aromatic N) is 5. The lowest BCUT2D eigenvalue weighted by Gasteiger charge is -2.32. The number of hydrogen-bond donors (Lipinski definition) is 1. The Morgan fingerprint density at radius 3 is 1.35 bits per heavy atom. The molecule has 11 nitrogen and oxygen atoms in total. The van der Waals surface area contributed by atoms with Crippen molar-refractivity contribution in [2.75, 3.05) is 19.6 Å². The van der Waals surface area contributed by atoms with Gasteiger partial charge in [0.15, 0.2) is 0 Å². The van der Waals surface area contributed by atoms with Gasteiger partial charge in [0.2, 0.25) is 18.2 Å². The number of amides is 4. The number of hydrogen-bond acceptors (Lipinski definition) is 8. The van der Waals surface area contributed by atoms with Gasteiger partial charge in [0, 0.05) is 13.1 Å². The van der Waals surface area contributed by atoms with Crippen LogP contribution >= 0.6 is 0 Å². The third-order valence-electron chi connectivity index (χ3n) is 5.40. The van der Waals surface area contributed by atoms with E-state index < -0.39 is 30.2 Å². The molecule has 0 rings (SSSR count). The summed E-state index contributed by atoms with van der Waals surface area (Å²) >= 11 is 0. The van der Waals surface area contributed by atoms with Crippen LogP contribution in [0.1, 0.15) is 78.6 Å². The van der Waals surface area contributed by atoms with Crippen LogP contribution < -0.4 is 5.73 Å². The van der Waals surface area contributed by atoms with E-state index in [9.17, 15) is 24.0 Å². The fourth-order valence-electron chi connectivity index (χ4n) is 3.52. The van der Waals surface area contributed by atoms with Crippen molar-refractivity contribution in [1.82, 2.24) is 9.80 Å². The van der Waals surface area contributed by atoms with Gasteiger partial charge in [-0.25, -0.2) is 43.8 Å². The Hall–Kier alpha value is -3.12. The summed E-state index contributed by atoms with van der Waals surface area (Å²) in [7, 11) is 0. The van der Waals surface area contributed by atoms with Gasteiger partial charge >= 0.3 is 12.1 Å². The summed E-state index contributed by atoms with van der Waals surface area (Å²) in [5, 5.41) is 0. The van der Waals surface area contributed by atoms with Crippen LogP contribution in [0.4, 0.5) is 9.59 Å².